The molecule has 3 nitrogen and oxygen atoms in total. The van der Waals surface area contributed by atoms with Crippen LogP contribution in [0.1, 0.15) is 23.7 Å². The molecule has 1 N–H and O–H groups in total. The second-order valence-electron chi connectivity index (χ2n) is 4.69. The van der Waals surface area contributed by atoms with Crippen LogP contribution in [0, 0.1) is 9.49 Å². The van der Waals surface area contributed by atoms with Crippen LogP contribution in [-0.2, 0) is 0 Å². The van der Waals surface area contributed by atoms with Gasteiger partial charge in [-0.1, -0.05) is 6.92 Å². The molecule has 2 atom stereocenters. The van der Waals surface area contributed by atoms with Gasteiger partial charge >= 0.3 is 0 Å². The van der Waals surface area contributed by atoms with Gasteiger partial charge in [-0.25, -0.2) is 0 Å². The van der Waals surface area contributed by atoms with E-state index in [0.29, 0.717) is 24.6 Å². The third-order valence-corrected chi connectivity index (χ3v) is 4.58. The van der Waals surface area contributed by atoms with E-state index in [2.05, 4.69) is 29.5 Å². The molecule has 1 aromatic carbocycles. The van der Waals surface area contributed by atoms with Crippen LogP contribution in [0.4, 0.5) is 0 Å². The van der Waals surface area contributed by atoms with Crippen molar-refractivity contribution >= 4 is 40.1 Å². The lowest BCUT2D eigenvalue weighted by molar-refractivity contribution is 0.0698. The Morgan fingerprint density at radius 1 is 1.56 bits per heavy atom. The van der Waals surface area contributed by atoms with E-state index in [9.17, 15) is 9.90 Å². The van der Waals surface area contributed by atoms with Crippen LogP contribution >= 0.6 is 34.2 Å². The Labute approximate surface area is 125 Å². The number of alkyl halides is 1. The Hall–Kier alpha value is -0.490. The van der Waals surface area contributed by atoms with Gasteiger partial charge in [0.1, 0.15) is 5.75 Å². The van der Waals surface area contributed by atoms with E-state index in [1.165, 1.54) is 0 Å². The van der Waals surface area contributed by atoms with Crippen molar-refractivity contribution in [1.82, 2.24) is 4.90 Å². The van der Waals surface area contributed by atoms with Crippen molar-refractivity contribution in [1.29, 1.82) is 0 Å². The van der Waals surface area contributed by atoms with Gasteiger partial charge in [0.2, 0.25) is 0 Å². The summed E-state index contributed by atoms with van der Waals surface area (Å²) in [6.45, 7) is 3.35. The Balaban J connectivity index is 2.19. The van der Waals surface area contributed by atoms with Crippen LogP contribution in [-0.4, -0.2) is 34.4 Å². The Morgan fingerprint density at radius 2 is 2.28 bits per heavy atom. The highest BCUT2D eigenvalue weighted by atomic mass is 127. The van der Waals surface area contributed by atoms with Gasteiger partial charge in [0, 0.05) is 16.7 Å². The van der Waals surface area contributed by atoms with Crippen molar-refractivity contribution in [2.24, 2.45) is 5.92 Å². The van der Waals surface area contributed by atoms with Crippen molar-refractivity contribution in [2.75, 3.05) is 13.1 Å². The molecule has 0 spiro atoms. The van der Waals surface area contributed by atoms with Crippen LogP contribution in [0.3, 0.4) is 0 Å². The number of aromatic hydroxyl groups is 1. The maximum Gasteiger partial charge on any atom is 0.257 e. The Kier molecular flexibility index (Phi) is 4.37. The summed E-state index contributed by atoms with van der Waals surface area (Å²) < 4.78 is 0.932. The number of likely N-dealkylation sites (tertiary alicyclic amines) is 1. The van der Waals surface area contributed by atoms with E-state index < -0.39 is 0 Å². The van der Waals surface area contributed by atoms with E-state index >= 15 is 0 Å². The standard InChI is InChI=1S/C13H15ClINO2/c1-8-4-5-16(7-11(8)14)13(18)10-6-9(15)2-3-12(10)17/h2-3,6,8,11,17H,4-5,7H2,1H3. The van der Waals surface area contributed by atoms with Gasteiger partial charge in [-0.3, -0.25) is 4.79 Å². The van der Waals surface area contributed by atoms with Gasteiger partial charge in [-0.05, 0) is 53.1 Å². The summed E-state index contributed by atoms with van der Waals surface area (Å²) in [5, 5.41) is 9.76. The number of rotatable bonds is 1. The van der Waals surface area contributed by atoms with Gasteiger partial charge < -0.3 is 10.0 Å². The smallest absolute Gasteiger partial charge is 0.257 e. The van der Waals surface area contributed by atoms with Crippen LogP contribution in [0.5, 0.6) is 5.75 Å². The topological polar surface area (TPSA) is 40.5 Å². The fraction of sp³-hybridized carbons (Fsp3) is 0.462. The first-order chi connectivity index (χ1) is 8.49. The molecular formula is C13H15ClINO2. The average molecular weight is 380 g/mol. The molecule has 1 fully saturated rings. The minimum Gasteiger partial charge on any atom is -0.507 e. The Morgan fingerprint density at radius 3 is 2.94 bits per heavy atom. The molecule has 1 amide bonds. The van der Waals surface area contributed by atoms with Crippen molar-refractivity contribution in [2.45, 2.75) is 18.7 Å². The summed E-state index contributed by atoms with van der Waals surface area (Å²) >= 11 is 8.33. The lowest BCUT2D eigenvalue weighted by Gasteiger charge is -2.34. The zero-order chi connectivity index (χ0) is 13.3. The molecule has 0 bridgehead atoms. The quantitative estimate of drug-likeness (QED) is 0.602. The molecule has 2 unspecified atom stereocenters. The summed E-state index contributed by atoms with van der Waals surface area (Å²) in [4.78, 5) is 14.1. The van der Waals surface area contributed by atoms with Gasteiger partial charge in [0.25, 0.3) is 5.91 Å². The van der Waals surface area contributed by atoms with Gasteiger partial charge in [-0.2, -0.15) is 0 Å². The lowest BCUT2D eigenvalue weighted by atomic mass is 9.98. The van der Waals surface area contributed by atoms with Gasteiger partial charge in [0.05, 0.1) is 10.9 Å². The average Bonchev–Trinajstić information content (AvgIpc) is 2.35. The molecule has 1 aliphatic heterocycles. The second-order valence-corrected chi connectivity index (χ2v) is 6.50. The van der Waals surface area contributed by atoms with E-state index in [1.807, 2.05) is 0 Å². The van der Waals surface area contributed by atoms with Crippen molar-refractivity contribution in [3.8, 4) is 5.75 Å². The number of nitrogens with zero attached hydrogens (tertiary/aromatic N) is 1. The third-order valence-electron chi connectivity index (χ3n) is 3.34. The fourth-order valence-corrected chi connectivity index (χ4v) is 2.84. The number of halogens is 2. The van der Waals surface area contributed by atoms with Crippen molar-refractivity contribution in [3.63, 3.8) is 0 Å². The predicted octanol–water partition coefficient (Wildman–Crippen LogP) is 3.09. The molecular weight excluding hydrogens is 365 g/mol. The minimum absolute atomic E-state index is 0.00683. The van der Waals surface area contributed by atoms with Crippen LogP contribution in [0.2, 0.25) is 0 Å². The van der Waals surface area contributed by atoms with Gasteiger partial charge in [-0.15, -0.1) is 11.6 Å². The normalized spacial score (nSPS) is 24.1. The first kappa shape index (κ1) is 13.9. The second kappa shape index (κ2) is 5.65. The van der Waals surface area contributed by atoms with E-state index in [-0.39, 0.29) is 17.0 Å². The maximum atomic E-state index is 12.3. The minimum atomic E-state index is -0.136. The predicted molar refractivity (Wildman–Crippen MR) is 80.1 cm³/mol. The van der Waals surface area contributed by atoms with E-state index in [1.54, 1.807) is 23.1 Å². The molecule has 0 aromatic heterocycles. The van der Waals surface area contributed by atoms with Crippen molar-refractivity contribution in [3.05, 3.63) is 27.3 Å². The summed E-state index contributed by atoms with van der Waals surface area (Å²) in [6, 6.07) is 5.04. The number of hydrogen-bond donors (Lipinski definition) is 1. The highest BCUT2D eigenvalue weighted by Crippen LogP contribution is 2.26. The van der Waals surface area contributed by atoms with Crippen molar-refractivity contribution < 1.29 is 9.90 Å². The SMILES string of the molecule is CC1CCN(C(=O)c2cc(I)ccc2O)CC1Cl. The largest absolute Gasteiger partial charge is 0.507 e. The lowest BCUT2D eigenvalue weighted by Crippen LogP contribution is -2.43. The first-order valence-electron chi connectivity index (χ1n) is 5.91. The number of hydrogen-bond acceptors (Lipinski definition) is 2. The van der Waals surface area contributed by atoms with Crippen LogP contribution in [0.25, 0.3) is 0 Å². The zero-order valence-electron chi connectivity index (χ0n) is 10.1. The number of phenols is 1. The van der Waals surface area contributed by atoms with Gasteiger partial charge in [0.15, 0.2) is 0 Å². The highest BCUT2D eigenvalue weighted by molar-refractivity contribution is 14.1. The third kappa shape index (κ3) is 2.91. The maximum absolute atomic E-state index is 12.3. The molecule has 0 aliphatic carbocycles. The summed E-state index contributed by atoms with van der Waals surface area (Å²) in [7, 11) is 0. The number of carbonyl (C=O) groups is 1. The number of phenolic OH excluding ortho intramolecular Hbond substituents is 1. The van der Waals surface area contributed by atoms with E-state index in [0.717, 1.165) is 9.99 Å². The highest BCUT2D eigenvalue weighted by Gasteiger charge is 2.28. The molecule has 5 heteroatoms. The number of piperidine rings is 1. The van der Waals surface area contributed by atoms with E-state index in [4.69, 9.17) is 11.6 Å². The first-order valence-corrected chi connectivity index (χ1v) is 7.42. The molecule has 0 saturated carbocycles. The summed E-state index contributed by atoms with van der Waals surface area (Å²) in [5.74, 6) is 0.328. The fourth-order valence-electron chi connectivity index (χ4n) is 2.06. The molecule has 1 aromatic rings. The number of carbonyl (C=O) groups excluding carboxylic acids is 1. The number of benzene rings is 1. The monoisotopic (exact) mass is 379 g/mol. The molecule has 98 valence electrons. The molecule has 0 radical (unpaired) electrons. The molecule has 2 rings (SSSR count). The molecule has 18 heavy (non-hydrogen) atoms. The van der Waals surface area contributed by atoms with Crippen LogP contribution in [0.15, 0.2) is 18.2 Å². The van der Waals surface area contributed by atoms with Crippen LogP contribution < -0.4 is 0 Å². The molecule has 1 saturated heterocycles. The zero-order valence-corrected chi connectivity index (χ0v) is 13.0. The molecule has 1 heterocycles. The molecule has 1 aliphatic rings. The summed E-state index contributed by atoms with van der Waals surface area (Å²) in [6.07, 6.45) is 0.907. The Bertz CT molecular complexity index is 466. The number of amides is 1. The summed E-state index contributed by atoms with van der Waals surface area (Å²) in [5.41, 5.74) is 0.361.